The van der Waals surface area contributed by atoms with Gasteiger partial charge in [0.25, 0.3) is 0 Å². The third-order valence-corrected chi connectivity index (χ3v) is 3.40. The first-order valence-corrected chi connectivity index (χ1v) is 5.04. The van der Waals surface area contributed by atoms with Gasteiger partial charge in [0.15, 0.2) is 0 Å². The molecule has 0 aromatic heterocycles. The Kier molecular flexibility index (Phi) is 2.13. The maximum Gasteiger partial charge on any atom is 0.114 e. The second kappa shape index (κ2) is 2.94. The van der Waals surface area contributed by atoms with E-state index in [-0.39, 0.29) is 11.7 Å². The molecule has 2 heterocycles. The molecule has 2 rings (SSSR count). The smallest absolute Gasteiger partial charge is 0.114 e. The third kappa shape index (κ3) is 1.39. The number of ether oxygens (including phenoxy) is 2. The molecule has 0 radical (unpaired) electrons. The molecule has 0 saturated carbocycles. The summed E-state index contributed by atoms with van der Waals surface area (Å²) in [7, 11) is 0. The lowest BCUT2D eigenvalue weighted by Crippen LogP contribution is -2.58. The van der Waals surface area contributed by atoms with Crippen LogP contribution in [0.15, 0.2) is 0 Å². The van der Waals surface area contributed by atoms with Gasteiger partial charge in [0.2, 0.25) is 0 Å². The van der Waals surface area contributed by atoms with Crippen LogP contribution in [0.1, 0.15) is 33.1 Å². The predicted molar refractivity (Wildman–Crippen MR) is 48.6 cm³/mol. The van der Waals surface area contributed by atoms with E-state index in [9.17, 15) is 5.11 Å². The molecule has 0 unspecified atom stereocenters. The lowest BCUT2D eigenvalue weighted by molar-refractivity contribution is -0.223. The summed E-state index contributed by atoms with van der Waals surface area (Å²) in [6.45, 7) is 5.01. The molecule has 3 nitrogen and oxygen atoms in total. The fraction of sp³-hybridized carbons (Fsp3) is 1.00. The maximum atomic E-state index is 10.2. The van der Waals surface area contributed by atoms with E-state index in [1.54, 1.807) is 0 Å². The van der Waals surface area contributed by atoms with E-state index in [1.807, 2.05) is 6.92 Å². The van der Waals surface area contributed by atoms with Gasteiger partial charge in [-0.2, -0.15) is 0 Å². The summed E-state index contributed by atoms with van der Waals surface area (Å²) in [4.78, 5) is 0. The molecule has 3 heteroatoms. The molecular formula is C10H18O3. The number of hydrogen-bond donors (Lipinski definition) is 1. The van der Waals surface area contributed by atoms with Gasteiger partial charge in [-0.1, -0.05) is 0 Å². The number of aliphatic hydroxyl groups is 1. The Morgan fingerprint density at radius 1 is 1.38 bits per heavy atom. The minimum atomic E-state index is -0.810. The zero-order valence-corrected chi connectivity index (χ0v) is 8.38. The average molecular weight is 186 g/mol. The summed E-state index contributed by atoms with van der Waals surface area (Å²) in [6.07, 6.45) is 3.12. The monoisotopic (exact) mass is 186 g/mol. The van der Waals surface area contributed by atoms with Crippen molar-refractivity contribution in [3.05, 3.63) is 0 Å². The van der Waals surface area contributed by atoms with Crippen LogP contribution in [0.4, 0.5) is 0 Å². The molecule has 0 aromatic carbocycles. The standard InChI is InChI=1S/C10H18O3/c1-8-3-4-10(13-8)5-6-12-7-9(10,2)11/h8,11H,3-7H2,1-2H3/t8-,9+,10+/m1/s1. The fourth-order valence-electron chi connectivity index (χ4n) is 2.43. The molecule has 76 valence electrons. The van der Waals surface area contributed by atoms with E-state index >= 15 is 0 Å². The van der Waals surface area contributed by atoms with Crippen LogP contribution in [-0.2, 0) is 9.47 Å². The zero-order valence-electron chi connectivity index (χ0n) is 8.38. The molecule has 1 spiro atoms. The second-order valence-electron chi connectivity index (χ2n) is 4.54. The summed E-state index contributed by atoms with van der Waals surface area (Å²) < 4.78 is 11.2. The van der Waals surface area contributed by atoms with E-state index in [0.29, 0.717) is 13.2 Å². The van der Waals surface area contributed by atoms with E-state index in [0.717, 1.165) is 19.3 Å². The summed E-state index contributed by atoms with van der Waals surface area (Å²) in [5, 5.41) is 10.2. The highest BCUT2D eigenvalue weighted by molar-refractivity contribution is 5.04. The zero-order chi connectivity index (χ0) is 9.53. The largest absolute Gasteiger partial charge is 0.385 e. The second-order valence-corrected chi connectivity index (χ2v) is 4.54. The van der Waals surface area contributed by atoms with Gasteiger partial charge in [-0.3, -0.25) is 0 Å². The first-order valence-electron chi connectivity index (χ1n) is 5.04. The Bertz CT molecular complexity index is 198. The van der Waals surface area contributed by atoms with Crippen LogP contribution in [0.5, 0.6) is 0 Å². The van der Waals surface area contributed by atoms with Crippen molar-refractivity contribution in [3.63, 3.8) is 0 Å². The van der Waals surface area contributed by atoms with Gasteiger partial charge in [-0.05, 0) is 26.7 Å². The summed E-state index contributed by atoms with van der Waals surface area (Å²) in [5.41, 5.74) is -1.14. The van der Waals surface area contributed by atoms with Crippen LogP contribution in [0.2, 0.25) is 0 Å². The minimum absolute atomic E-state index is 0.282. The van der Waals surface area contributed by atoms with Crippen LogP contribution < -0.4 is 0 Å². The maximum absolute atomic E-state index is 10.2. The van der Waals surface area contributed by atoms with Gasteiger partial charge in [-0.25, -0.2) is 0 Å². The molecule has 2 fully saturated rings. The van der Waals surface area contributed by atoms with Crippen molar-refractivity contribution in [2.24, 2.45) is 0 Å². The molecule has 3 atom stereocenters. The highest BCUT2D eigenvalue weighted by atomic mass is 16.6. The molecule has 2 aliphatic heterocycles. The van der Waals surface area contributed by atoms with Crippen molar-refractivity contribution in [2.45, 2.75) is 50.4 Å². The number of rotatable bonds is 0. The fourth-order valence-corrected chi connectivity index (χ4v) is 2.43. The van der Waals surface area contributed by atoms with E-state index < -0.39 is 5.60 Å². The van der Waals surface area contributed by atoms with E-state index in [1.165, 1.54) is 0 Å². The first-order chi connectivity index (χ1) is 6.06. The normalized spacial score (nSPS) is 51.5. The van der Waals surface area contributed by atoms with Crippen molar-refractivity contribution < 1.29 is 14.6 Å². The molecule has 0 aromatic rings. The Morgan fingerprint density at radius 2 is 2.15 bits per heavy atom. The molecular weight excluding hydrogens is 168 g/mol. The van der Waals surface area contributed by atoms with Gasteiger partial charge in [0.05, 0.1) is 12.7 Å². The molecule has 0 bridgehead atoms. The van der Waals surface area contributed by atoms with E-state index in [4.69, 9.17) is 9.47 Å². The SMILES string of the molecule is C[C@@H]1CC[C@@]2(CCOC[C@]2(C)O)O1. The first kappa shape index (κ1) is 9.44. The lowest BCUT2D eigenvalue weighted by Gasteiger charge is -2.45. The van der Waals surface area contributed by atoms with Crippen molar-refractivity contribution in [3.8, 4) is 0 Å². The lowest BCUT2D eigenvalue weighted by atomic mass is 9.78. The van der Waals surface area contributed by atoms with Gasteiger partial charge >= 0.3 is 0 Å². The Hall–Kier alpha value is -0.120. The van der Waals surface area contributed by atoms with Crippen molar-refractivity contribution in [2.75, 3.05) is 13.2 Å². The average Bonchev–Trinajstić information content (AvgIpc) is 2.41. The quantitative estimate of drug-likeness (QED) is 0.615. The third-order valence-electron chi connectivity index (χ3n) is 3.40. The summed E-state index contributed by atoms with van der Waals surface area (Å²) in [5.74, 6) is 0. The highest BCUT2D eigenvalue weighted by Crippen LogP contribution is 2.43. The molecule has 2 aliphatic rings. The molecule has 0 aliphatic carbocycles. The number of hydrogen-bond acceptors (Lipinski definition) is 3. The van der Waals surface area contributed by atoms with Crippen molar-refractivity contribution in [1.29, 1.82) is 0 Å². The minimum Gasteiger partial charge on any atom is -0.385 e. The Morgan fingerprint density at radius 3 is 2.69 bits per heavy atom. The predicted octanol–water partition coefficient (Wildman–Crippen LogP) is 1.10. The van der Waals surface area contributed by atoms with Crippen LogP contribution in [0.3, 0.4) is 0 Å². The summed E-state index contributed by atoms with van der Waals surface area (Å²) in [6, 6.07) is 0. The Labute approximate surface area is 79.0 Å². The molecule has 1 N–H and O–H groups in total. The van der Waals surface area contributed by atoms with Crippen LogP contribution in [-0.4, -0.2) is 35.6 Å². The van der Waals surface area contributed by atoms with Crippen molar-refractivity contribution >= 4 is 0 Å². The molecule has 0 amide bonds. The van der Waals surface area contributed by atoms with Crippen molar-refractivity contribution in [1.82, 2.24) is 0 Å². The van der Waals surface area contributed by atoms with Gasteiger partial charge in [0.1, 0.15) is 11.2 Å². The van der Waals surface area contributed by atoms with Crippen LogP contribution >= 0.6 is 0 Å². The Balaban J connectivity index is 2.19. The summed E-state index contributed by atoms with van der Waals surface area (Å²) >= 11 is 0. The molecule has 13 heavy (non-hydrogen) atoms. The van der Waals surface area contributed by atoms with Gasteiger partial charge < -0.3 is 14.6 Å². The van der Waals surface area contributed by atoms with Crippen LogP contribution in [0.25, 0.3) is 0 Å². The topological polar surface area (TPSA) is 38.7 Å². The van der Waals surface area contributed by atoms with Crippen LogP contribution in [0, 0.1) is 0 Å². The molecule has 2 saturated heterocycles. The van der Waals surface area contributed by atoms with Gasteiger partial charge in [0, 0.05) is 13.0 Å². The van der Waals surface area contributed by atoms with E-state index in [2.05, 4.69) is 6.92 Å². The highest BCUT2D eigenvalue weighted by Gasteiger charge is 2.53. The van der Waals surface area contributed by atoms with Gasteiger partial charge in [-0.15, -0.1) is 0 Å².